The maximum Gasteiger partial charge on any atom is 0.262 e. The first kappa shape index (κ1) is 21.2. The van der Waals surface area contributed by atoms with Crippen molar-refractivity contribution in [3.63, 3.8) is 0 Å². The van der Waals surface area contributed by atoms with Crippen LogP contribution in [0.25, 0.3) is 16.9 Å². The van der Waals surface area contributed by atoms with Gasteiger partial charge in [-0.25, -0.2) is 9.50 Å². The SMILES string of the molecule is Cc1ccc(-c2ccnc3c(C(=O)Nc4nn(Cc5ccccc5Cl)cc4Cl)cnn23)cc1. The number of hydrogen-bond donors (Lipinski definition) is 1. The topological polar surface area (TPSA) is 77.1 Å². The minimum Gasteiger partial charge on any atom is -0.304 e. The highest BCUT2D eigenvalue weighted by molar-refractivity contribution is 6.33. The smallest absolute Gasteiger partial charge is 0.262 e. The summed E-state index contributed by atoms with van der Waals surface area (Å²) in [6.45, 7) is 2.45. The lowest BCUT2D eigenvalue weighted by Gasteiger charge is -2.06. The van der Waals surface area contributed by atoms with Crippen molar-refractivity contribution in [1.29, 1.82) is 0 Å². The van der Waals surface area contributed by atoms with Crippen LogP contribution in [0.5, 0.6) is 0 Å². The van der Waals surface area contributed by atoms with Gasteiger partial charge in [0.05, 0.1) is 18.4 Å². The molecule has 5 aromatic rings. The molecule has 0 spiro atoms. The molecule has 1 amide bonds. The monoisotopic (exact) mass is 476 g/mol. The lowest BCUT2D eigenvalue weighted by molar-refractivity contribution is 0.102. The Labute approximate surface area is 199 Å². The highest BCUT2D eigenvalue weighted by Gasteiger charge is 2.19. The van der Waals surface area contributed by atoms with Gasteiger partial charge >= 0.3 is 0 Å². The minimum absolute atomic E-state index is 0.253. The Bertz CT molecular complexity index is 1470. The highest BCUT2D eigenvalue weighted by atomic mass is 35.5. The number of fused-ring (bicyclic) bond motifs is 1. The van der Waals surface area contributed by atoms with Crippen molar-refractivity contribution in [1.82, 2.24) is 24.4 Å². The Morgan fingerprint density at radius 1 is 1.03 bits per heavy atom. The average Bonchev–Trinajstić information content (AvgIpc) is 3.39. The van der Waals surface area contributed by atoms with Gasteiger partial charge in [0.15, 0.2) is 11.5 Å². The lowest BCUT2D eigenvalue weighted by Crippen LogP contribution is -2.13. The van der Waals surface area contributed by atoms with Crippen LogP contribution < -0.4 is 5.32 Å². The fourth-order valence-electron chi connectivity index (χ4n) is 3.53. The molecule has 0 atom stereocenters. The number of benzene rings is 2. The van der Waals surface area contributed by atoms with Crippen molar-refractivity contribution in [3.05, 3.63) is 99.9 Å². The van der Waals surface area contributed by atoms with Gasteiger partial charge in [0.2, 0.25) is 0 Å². The number of hydrogen-bond acceptors (Lipinski definition) is 4. The predicted octanol–water partition coefficient (Wildman–Crippen LogP) is 5.51. The first-order valence-electron chi connectivity index (χ1n) is 10.2. The molecular formula is C24H18Cl2N6O. The minimum atomic E-state index is -0.400. The van der Waals surface area contributed by atoms with Crippen molar-refractivity contribution in [2.75, 3.05) is 5.32 Å². The Morgan fingerprint density at radius 3 is 2.61 bits per heavy atom. The van der Waals surface area contributed by atoms with E-state index in [2.05, 4.69) is 20.5 Å². The molecule has 0 aliphatic heterocycles. The first-order valence-corrected chi connectivity index (χ1v) is 10.9. The Morgan fingerprint density at radius 2 is 1.82 bits per heavy atom. The maximum absolute atomic E-state index is 13.0. The lowest BCUT2D eigenvalue weighted by atomic mass is 10.1. The molecule has 0 saturated heterocycles. The van der Waals surface area contributed by atoms with Crippen LogP contribution >= 0.6 is 23.2 Å². The number of carbonyl (C=O) groups is 1. The Balaban J connectivity index is 1.41. The van der Waals surface area contributed by atoms with Crippen LogP contribution in [-0.4, -0.2) is 30.3 Å². The van der Waals surface area contributed by atoms with Gasteiger partial charge in [-0.1, -0.05) is 71.2 Å². The number of anilines is 1. The van der Waals surface area contributed by atoms with Gasteiger partial charge in [-0.05, 0) is 24.6 Å². The molecule has 7 nitrogen and oxygen atoms in total. The van der Waals surface area contributed by atoms with E-state index < -0.39 is 5.91 Å². The van der Waals surface area contributed by atoms with E-state index in [0.717, 1.165) is 22.4 Å². The van der Waals surface area contributed by atoms with Crippen molar-refractivity contribution < 1.29 is 4.79 Å². The largest absolute Gasteiger partial charge is 0.304 e. The molecule has 2 aromatic carbocycles. The summed E-state index contributed by atoms with van der Waals surface area (Å²) in [7, 11) is 0. The molecule has 0 aliphatic rings. The summed E-state index contributed by atoms with van der Waals surface area (Å²) in [6, 6.07) is 17.4. The van der Waals surface area contributed by atoms with Gasteiger partial charge in [-0.3, -0.25) is 9.48 Å². The summed E-state index contributed by atoms with van der Waals surface area (Å²) < 4.78 is 3.28. The second kappa shape index (κ2) is 8.69. The number of nitrogens with zero attached hydrogens (tertiary/aromatic N) is 5. The molecule has 33 heavy (non-hydrogen) atoms. The zero-order valence-electron chi connectivity index (χ0n) is 17.5. The number of rotatable bonds is 5. The van der Waals surface area contributed by atoms with Gasteiger partial charge in [-0.2, -0.15) is 10.2 Å². The van der Waals surface area contributed by atoms with E-state index in [9.17, 15) is 4.79 Å². The molecular weight excluding hydrogens is 459 g/mol. The summed E-state index contributed by atoms with van der Waals surface area (Å²) in [5.74, 6) is -0.147. The van der Waals surface area contributed by atoms with Crippen molar-refractivity contribution in [2.24, 2.45) is 0 Å². The third-order valence-electron chi connectivity index (χ3n) is 5.23. The maximum atomic E-state index is 13.0. The fourth-order valence-corrected chi connectivity index (χ4v) is 3.93. The molecule has 3 heterocycles. The summed E-state index contributed by atoms with van der Waals surface area (Å²) in [4.78, 5) is 17.4. The molecule has 0 fully saturated rings. The van der Waals surface area contributed by atoms with E-state index in [4.69, 9.17) is 23.2 Å². The summed E-state index contributed by atoms with van der Waals surface area (Å²) >= 11 is 12.6. The molecule has 0 aliphatic carbocycles. The van der Waals surface area contributed by atoms with Crippen LogP contribution in [0.15, 0.2) is 73.2 Å². The van der Waals surface area contributed by atoms with E-state index in [1.165, 1.54) is 6.20 Å². The molecule has 1 N–H and O–H groups in total. The second-order valence-corrected chi connectivity index (χ2v) is 8.37. The van der Waals surface area contributed by atoms with E-state index in [1.54, 1.807) is 21.6 Å². The summed E-state index contributed by atoms with van der Waals surface area (Å²) in [5.41, 5.74) is 4.63. The van der Waals surface area contributed by atoms with Crippen molar-refractivity contribution in [2.45, 2.75) is 13.5 Å². The molecule has 9 heteroatoms. The predicted molar refractivity (Wildman–Crippen MR) is 129 cm³/mol. The van der Waals surface area contributed by atoms with Crippen LogP contribution in [0.1, 0.15) is 21.5 Å². The van der Waals surface area contributed by atoms with Gasteiger partial charge in [0.1, 0.15) is 10.6 Å². The summed E-state index contributed by atoms with van der Waals surface area (Å²) in [5, 5.41) is 12.5. The number of aromatic nitrogens is 5. The molecule has 3 aromatic heterocycles. The Hall–Kier alpha value is -3.68. The molecule has 0 radical (unpaired) electrons. The number of aryl methyl sites for hydroxylation is 1. The van der Waals surface area contributed by atoms with Gasteiger partial charge in [0, 0.05) is 23.0 Å². The number of halogens is 2. The molecule has 0 bridgehead atoms. The van der Waals surface area contributed by atoms with Gasteiger partial charge < -0.3 is 5.32 Å². The van der Waals surface area contributed by atoms with E-state index in [-0.39, 0.29) is 5.82 Å². The van der Waals surface area contributed by atoms with Crippen molar-refractivity contribution in [3.8, 4) is 11.3 Å². The first-order chi connectivity index (χ1) is 16.0. The zero-order valence-corrected chi connectivity index (χ0v) is 19.0. The van der Waals surface area contributed by atoms with Gasteiger partial charge in [-0.15, -0.1) is 0 Å². The second-order valence-electron chi connectivity index (χ2n) is 7.56. The molecule has 5 rings (SSSR count). The van der Waals surface area contributed by atoms with Crippen LogP contribution in [0.2, 0.25) is 10.0 Å². The standard InChI is InChI=1S/C24H18Cl2N6O/c1-15-6-8-16(9-7-15)21-10-11-27-23-18(12-28-32(21)23)24(33)29-22-20(26)14-31(30-22)13-17-4-2-3-5-19(17)25/h2-12,14H,13H2,1H3,(H,29,30,33). The van der Waals surface area contributed by atoms with E-state index in [1.807, 2.05) is 61.5 Å². The number of amides is 1. The zero-order chi connectivity index (χ0) is 22.9. The summed E-state index contributed by atoms with van der Waals surface area (Å²) in [6.07, 6.45) is 4.79. The number of nitrogens with one attached hydrogen (secondary N) is 1. The van der Waals surface area contributed by atoms with Crippen molar-refractivity contribution >= 4 is 40.6 Å². The molecule has 0 unspecified atom stereocenters. The van der Waals surface area contributed by atoms with Gasteiger partial charge in [0.25, 0.3) is 5.91 Å². The third kappa shape index (κ3) is 4.20. The van der Waals surface area contributed by atoms with E-state index >= 15 is 0 Å². The quantitative estimate of drug-likeness (QED) is 0.362. The average molecular weight is 477 g/mol. The van der Waals surface area contributed by atoms with Crippen LogP contribution in [-0.2, 0) is 6.54 Å². The molecule has 0 saturated carbocycles. The fraction of sp³-hybridized carbons (Fsp3) is 0.0833. The third-order valence-corrected chi connectivity index (χ3v) is 5.88. The van der Waals surface area contributed by atoms with Crippen LogP contribution in [0, 0.1) is 6.92 Å². The number of carbonyl (C=O) groups excluding carboxylic acids is 1. The van der Waals surface area contributed by atoms with Crippen LogP contribution in [0.4, 0.5) is 5.82 Å². The Kier molecular flexibility index (Phi) is 5.58. The van der Waals surface area contributed by atoms with E-state index in [0.29, 0.717) is 27.8 Å². The molecule has 164 valence electrons. The van der Waals surface area contributed by atoms with Crippen LogP contribution in [0.3, 0.4) is 0 Å². The highest BCUT2D eigenvalue weighted by Crippen LogP contribution is 2.25. The normalized spacial score (nSPS) is 11.1.